The number of likely N-dealkylation sites (N-methyl/N-ethyl adjacent to an activating group) is 1. The van der Waals surface area contributed by atoms with Gasteiger partial charge in [-0.3, -0.25) is 4.90 Å². The van der Waals surface area contributed by atoms with Crippen LogP contribution < -0.4 is 14.8 Å². The molecule has 1 fully saturated rings. The first-order valence-corrected chi connectivity index (χ1v) is 10.7. The van der Waals surface area contributed by atoms with E-state index in [0.29, 0.717) is 34.1 Å². The minimum atomic E-state index is -0.415. The Morgan fingerprint density at radius 2 is 2.07 bits per heavy atom. The molecule has 0 aliphatic carbocycles. The van der Waals surface area contributed by atoms with Crippen molar-refractivity contribution in [3.05, 3.63) is 57.3 Å². The van der Waals surface area contributed by atoms with E-state index in [-0.39, 0.29) is 12.2 Å². The lowest BCUT2D eigenvalue weighted by Crippen LogP contribution is -2.37. The molecule has 0 saturated carbocycles. The highest BCUT2D eigenvalue weighted by atomic mass is 35.5. The fraction of sp³-hybridized carbons (Fsp3) is 0.455. The molecule has 0 aromatic heterocycles. The number of rotatable bonds is 9. The van der Waals surface area contributed by atoms with Gasteiger partial charge in [0.15, 0.2) is 11.5 Å². The van der Waals surface area contributed by atoms with Crippen LogP contribution in [-0.2, 0) is 13.2 Å². The monoisotopic (exact) mass is 440 g/mol. The van der Waals surface area contributed by atoms with Crippen LogP contribution in [-0.4, -0.2) is 37.7 Å². The lowest BCUT2D eigenvalue weighted by molar-refractivity contribution is 0.259. The molecule has 1 heterocycles. The van der Waals surface area contributed by atoms with Gasteiger partial charge in [0.05, 0.1) is 17.2 Å². The number of methoxy groups -OCH3 is 1. The van der Waals surface area contributed by atoms with Gasteiger partial charge in [0, 0.05) is 24.7 Å². The molecule has 2 aromatic carbocycles. The normalized spacial score (nSPS) is 16.9. The maximum Gasteiger partial charge on any atom is 0.180 e. The summed E-state index contributed by atoms with van der Waals surface area (Å²) in [5.74, 6) is 0.476. The summed E-state index contributed by atoms with van der Waals surface area (Å²) in [5.41, 5.74) is 1.29. The molecule has 0 amide bonds. The molecular weight excluding hydrogens is 414 g/mol. The molecule has 1 saturated heterocycles. The SMILES string of the molecule is CCN1CCC[C@H]1CNCc1cc(Cl)c(OCc2c(F)cccc2Cl)c(OC)c1. The Bertz CT molecular complexity index is 814. The topological polar surface area (TPSA) is 33.7 Å². The van der Waals surface area contributed by atoms with E-state index in [1.807, 2.05) is 12.1 Å². The van der Waals surface area contributed by atoms with Crippen LogP contribution in [0.2, 0.25) is 10.0 Å². The molecule has 0 spiro atoms. The standard InChI is InChI=1S/C22H27Cl2FN2O2/c1-3-27-9-5-6-16(27)13-26-12-15-10-19(24)22(21(11-15)28-2)29-14-17-18(23)7-4-8-20(17)25/h4,7-8,10-11,16,26H,3,5-6,9,12-14H2,1-2H3/t16-/m0/s1. The van der Waals surface area contributed by atoms with Gasteiger partial charge in [0.25, 0.3) is 0 Å². The Kier molecular flexibility index (Phi) is 8.01. The first-order valence-electron chi connectivity index (χ1n) is 9.90. The summed E-state index contributed by atoms with van der Waals surface area (Å²) in [5, 5.41) is 4.25. The number of benzene rings is 2. The van der Waals surface area contributed by atoms with Gasteiger partial charge in [-0.15, -0.1) is 0 Å². The smallest absolute Gasteiger partial charge is 0.180 e. The largest absolute Gasteiger partial charge is 0.493 e. The Morgan fingerprint density at radius 1 is 1.24 bits per heavy atom. The van der Waals surface area contributed by atoms with Crippen molar-refractivity contribution in [2.75, 3.05) is 26.7 Å². The third-order valence-electron chi connectivity index (χ3n) is 5.33. The highest BCUT2D eigenvalue weighted by Gasteiger charge is 2.22. The molecule has 1 aliphatic heterocycles. The van der Waals surface area contributed by atoms with Crippen molar-refractivity contribution >= 4 is 23.2 Å². The van der Waals surface area contributed by atoms with Crippen LogP contribution in [0.25, 0.3) is 0 Å². The Labute approximate surface area is 181 Å². The molecule has 4 nitrogen and oxygen atoms in total. The van der Waals surface area contributed by atoms with E-state index >= 15 is 0 Å². The molecule has 0 unspecified atom stereocenters. The van der Waals surface area contributed by atoms with Crippen LogP contribution in [0.1, 0.15) is 30.9 Å². The lowest BCUT2D eigenvalue weighted by Gasteiger charge is -2.23. The number of nitrogens with zero attached hydrogens (tertiary/aromatic N) is 1. The summed E-state index contributed by atoms with van der Waals surface area (Å²) >= 11 is 12.5. The molecule has 1 aliphatic rings. The summed E-state index contributed by atoms with van der Waals surface area (Å²) < 4.78 is 25.2. The summed E-state index contributed by atoms with van der Waals surface area (Å²) in [7, 11) is 1.56. The van der Waals surface area contributed by atoms with Gasteiger partial charge in [-0.05, 0) is 55.8 Å². The van der Waals surface area contributed by atoms with E-state index in [1.165, 1.54) is 25.5 Å². The van der Waals surface area contributed by atoms with Gasteiger partial charge in [0.1, 0.15) is 12.4 Å². The highest BCUT2D eigenvalue weighted by molar-refractivity contribution is 6.32. The third-order valence-corrected chi connectivity index (χ3v) is 5.96. The number of hydrogen-bond acceptors (Lipinski definition) is 4. The van der Waals surface area contributed by atoms with Crippen molar-refractivity contribution in [1.82, 2.24) is 10.2 Å². The van der Waals surface area contributed by atoms with E-state index in [1.54, 1.807) is 19.2 Å². The molecule has 158 valence electrons. The number of halogens is 3. The van der Waals surface area contributed by atoms with E-state index < -0.39 is 5.82 Å². The van der Waals surface area contributed by atoms with E-state index in [0.717, 1.165) is 18.7 Å². The van der Waals surface area contributed by atoms with Gasteiger partial charge in [-0.25, -0.2) is 4.39 Å². The quantitative estimate of drug-likeness (QED) is 0.573. The molecule has 2 aromatic rings. The van der Waals surface area contributed by atoms with Crippen LogP contribution >= 0.6 is 23.2 Å². The maximum atomic E-state index is 14.0. The molecular formula is C22H27Cl2FN2O2. The Balaban J connectivity index is 1.64. The second kappa shape index (κ2) is 10.5. The second-order valence-corrected chi connectivity index (χ2v) is 7.97. The van der Waals surface area contributed by atoms with E-state index in [2.05, 4.69) is 17.1 Å². The number of likely N-dealkylation sites (tertiary alicyclic amines) is 1. The van der Waals surface area contributed by atoms with Crippen LogP contribution in [0.4, 0.5) is 4.39 Å². The van der Waals surface area contributed by atoms with Crippen molar-refractivity contribution in [3.63, 3.8) is 0 Å². The molecule has 1 N–H and O–H groups in total. The average Bonchev–Trinajstić information content (AvgIpc) is 3.16. The van der Waals surface area contributed by atoms with Crippen molar-refractivity contribution in [2.45, 2.75) is 39.0 Å². The summed E-state index contributed by atoms with van der Waals surface area (Å²) in [6.07, 6.45) is 2.49. The molecule has 3 rings (SSSR count). The zero-order valence-corrected chi connectivity index (χ0v) is 18.3. The zero-order valence-electron chi connectivity index (χ0n) is 16.8. The molecule has 0 radical (unpaired) electrons. The Morgan fingerprint density at radius 3 is 2.79 bits per heavy atom. The predicted molar refractivity (Wildman–Crippen MR) is 116 cm³/mol. The minimum Gasteiger partial charge on any atom is -0.493 e. The molecule has 7 heteroatoms. The molecule has 29 heavy (non-hydrogen) atoms. The van der Waals surface area contributed by atoms with Crippen LogP contribution in [0, 0.1) is 5.82 Å². The van der Waals surface area contributed by atoms with Crippen molar-refractivity contribution < 1.29 is 13.9 Å². The van der Waals surface area contributed by atoms with E-state index in [9.17, 15) is 4.39 Å². The molecule has 0 bridgehead atoms. The lowest BCUT2D eigenvalue weighted by atomic mass is 10.1. The van der Waals surface area contributed by atoms with Crippen molar-refractivity contribution in [2.24, 2.45) is 0 Å². The number of ether oxygens (including phenoxy) is 2. The van der Waals surface area contributed by atoms with Gasteiger partial charge in [-0.2, -0.15) is 0 Å². The number of hydrogen-bond donors (Lipinski definition) is 1. The maximum absolute atomic E-state index is 14.0. The highest BCUT2D eigenvalue weighted by Crippen LogP contribution is 2.37. The number of nitrogens with one attached hydrogen (secondary N) is 1. The predicted octanol–water partition coefficient (Wildman–Crippen LogP) is 5.29. The Hall–Kier alpha value is -1.53. The van der Waals surface area contributed by atoms with Crippen LogP contribution in [0.5, 0.6) is 11.5 Å². The van der Waals surface area contributed by atoms with Gasteiger partial charge < -0.3 is 14.8 Å². The zero-order chi connectivity index (χ0) is 20.8. The van der Waals surface area contributed by atoms with Crippen LogP contribution in [0.3, 0.4) is 0 Å². The molecule has 1 atom stereocenters. The first-order chi connectivity index (χ1) is 14.0. The van der Waals surface area contributed by atoms with Gasteiger partial charge in [0.2, 0.25) is 0 Å². The van der Waals surface area contributed by atoms with Crippen LogP contribution in [0.15, 0.2) is 30.3 Å². The summed E-state index contributed by atoms with van der Waals surface area (Å²) in [4.78, 5) is 2.51. The van der Waals surface area contributed by atoms with Crippen molar-refractivity contribution in [3.8, 4) is 11.5 Å². The summed E-state index contributed by atoms with van der Waals surface area (Å²) in [6, 6.07) is 8.86. The van der Waals surface area contributed by atoms with Gasteiger partial charge >= 0.3 is 0 Å². The first kappa shape index (κ1) is 22.2. The van der Waals surface area contributed by atoms with Crippen molar-refractivity contribution in [1.29, 1.82) is 0 Å². The average molecular weight is 441 g/mol. The van der Waals surface area contributed by atoms with E-state index in [4.69, 9.17) is 32.7 Å². The summed E-state index contributed by atoms with van der Waals surface area (Å²) in [6.45, 7) is 6.07. The minimum absolute atomic E-state index is 0.0340. The fourth-order valence-corrected chi connectivity index (χ4v) is 4.26. The second-order valence-electron chi connectivity index (χ2n) is 7.15. The third kappa shape index (κ3) is 5.54. The van der Waals surface area contributed by atoms with Gasteiger partial charge in [-0.1, -0.05) is 36.2 Å². The fourth-order valence-electron chi connectivity index (χ4n) is 3.76.